The summed E-state index contributed by atoms with van der Waals surface area (Å²) >= 11 is 0. The van der Waals surface area contributed by atoms with E-state index in [-0.39, 0.29) is 24.1 Å². The van der Waals surface area contributed by atoms with Crippen molar-refractivity contribution in [2.24, 2.45) is 0 Å². The number of esters is 1. The van der Waals surface area contributed by atoms with Crippen LogP contribution in [0, 0.1) is 0 Å². The summed E-state index contributed by atoms with van der Waals surface area (Å²) in [6.45, 7) is 2.71. The van der Waals surface area contributed by atoms with Crippen LogP contribution >= 0.6 is 0 Å². The van der Waals surface area contributed by atoms with Gasteiger partial charge in [0.15, 0.2) is 6.23 Å². The third kappa shape index (κ3) is 2.58. The van der Waals surface area contributed by atoms with Crippen LogP contribution in [0.2, 0.25) is 0 Å². The fourth-order valence-corrected chi connectivity index (χ4v) is 2.60. The smallest absolute Gasteiger partial charge is 0.341 e. The normalized spacial score (nSPS) is 18.8. The van der Waals surface area contributed by atoms with E-state index in [0.717, 1.165) is 36.8 Å². The minimum absolute atomic E-state index is 0.0925. The van der Waals surface area contributed by atoms with Crippen molar-refractivity contribution in [3.05, 3.63) is 23.9 Å². The topological polar surface area (TPSA) is 73.6 Å². The number of aromatic hydroxyl groups is 1. The number of phenolic OH excluding ortho intramolecular Hbond substituents is 1. The molecule has 0 saturated carbocycles. The van der Waals surface area contributed by atoms with E-state index in [2.05, 4.69) is 5.10 Å². The Morgan fingerprint density at radius 1 is 1.52 bits per heavy atom. The quantitative estimate of drug-likeness (QED) is 0.880. The summed E-state index contributed by atoms with van der Waals surface area (Å²) in [4.78, 5) is 11.9. The molecule has 1 aliphatic heterocycles. The van der Waals surface area contributed by atoms with E-state index in [1.54, 1.807) is 23.9 Å². The molecule has 0 radical (unpaired) electrons. The summed E-state index contributed by atoms with van der Waals surface area (Å²) in [7, 11) is 0. The van der Waals surface area contributed by atoms with Gasteiger partial charge in [0.2, 0.25) is 0 Å². The number of carbonyl (C=O) groups is 1. The lowest BCUT2D eigenvalue weighted by Gasteiger charge is -2.23. The van der Waals surface area contributed by atoms with Crippen LogP contribution in [0.1, 0.15) is 42.8 Å². The Bertz CT molecular complexity index is 659. The summed E-state index contributed by atoms with van der Waals surface area (Å²) in [5.74, 6) is -0.626. The number of phenols is 1. The first-order chi connectivity index (χ1) is 10.2. The van der Waals surface area contributed by atoms with Crippen LogP contribution in [0.25, 0.3) is 10.9 Å². The lowest BCUT2D eigenvalue weighted by molar-refractivity contribution is -0.0366. The first kappa shape index (κ1) is 13.9. The number of fused-ring (bicyclic) bond motifs is 1. The summed E-state index contributed by atoms with van der Waals surface area (Å²) in [5, 5.41) is 15.1. The Morgan fingerprint density at radius 2 is 2.38 bits per heavy atom. The van der Waals surface area contributed by atoms with Gasteiger partial charge in [0.25, 0.3) is 0 Å². The molecule has 1 unspecified atom stereocenters. The number of rotatable bonds is 3. The zero-order valence-corrected chi connectivity index (χ0v) is 11.9. The van der Waals surface area contributed by atoms with Gasteiger partial charge in [0.05, 0.1) is 18.3 Å². The molecule has 6 heteroatoms. The number of hydrogen-bond acceptors (Lipinski definition) is 5. The molecule has 2 aromatic rings. The Balaban J connectivity index is 2.03. The molecule has 1 N–H and O–H groups in total. The zero-order valence-electron chi connectivity index (χ0n) is 11.9. The van der Waals surface area contributed by atoms with Crippen LogP contribution in [0.15, 0.2) is 18.3 Å². The number of carbonyl (C=O) groups excluding carboxylic acids is 1. The molecule has 3 rings (SSSR count). The molecule has 1 aromatic heterocycles. The predicted octanol–water partition coefficient (Wildman–Crippen LogP) is 2.62. The van der Waals surface area contributed by atoms with Crippen molar-refractivity contribution in [3.63, 3.8) is 0 Å². The Labute approximate surface area is 122 Å². The highest BCUT2D eigenvalue weighted by Gasteiger charge is 2.21. The van der Waals surface area contributed by atoms with Gasteiger partial charge in [0, 0.05) is 12.0 Å². The van der Waals surface area contributed by atoms with E-state index in [4.69, 9.17) is 9.47 Å². The fourth-order valence-electron chi connectivity index (χ4n) is 2.60. The number of ether oxygens (including phenoxy) is 2. The molecule has 0 aliphatic carbocycles. The third-order valence-corrected chi connectivity index (χ3v) is 3.64. The maximum absolute atomic E-state index is 11.9. The van der Waals surface area contributed by atoms with Crippen molar-refractivity contribution in [1.82, 2.24) is 9.78 Å². The maximum Gasteiger partial charge on any atom is 0.341 e. The van der Waals surface area contributed by atoms with Gasteiger partial charge in [-0.05, 0) is 38.3 Å². The van der Waals surface area contributed by atoms with E-state index in [1.165, 1.54) is 6.07 Å². The summed E-state index contributed by atoms with van der Waals surface area (Å²) in [6.07, 6.45) is 4.60. The van der Waals surface area contributed by atoms with Crippen molar-refractivity contribution in [2.45, 2.75) is 32.4 Å². The Hall–Kier alpha value is -2.08. The Morgan fingerprint density at radius 3 is 3.10 bits per heavy atom. The van der Waals surface area contributed by atoms with Crippen molar-refractivity contribution >= 4 is 16.9 Å². The number of benzene rings is 1. The first-order valence-electron chi connectivity index (χ1n) is 7.19. The highest BCUT2D eigenvalue weighted by molar-refractivity contribution is 5.97. The molecule has 1 fully saturated rings. The lowest BCUT2D eigenvalue weighted by Crippen LogP contribution is -2.19. The van der Waals surface area contributed by atoms with Gasteiger partial charge in [-0.3, -0.25) is 0 Å². The largest absolute Gasteiger partial charge is 0.507 e. The molecule has 2 heterocycles. The van der Waals surface area contributed by atoms with Gasteiger partial charge in [0.1, 0.15) is 11.3 Å². The molecule has 112 valence electrons. The molecule has 0 spiro atoms. The number of nitrogens with zero attached hydrogens (tertiary/aromatic N) is 2. The standard InChI is InChI=1S/C15H18N2O4/c1-2-20-15(19)11-8-12-10(7-13(11)18)9-16-17(12)14-5-3-4-6-21-14/h7-9,14,18H,2-6H2,1H3. The molecule has 21 heavy (non-hydrogen) atoms. The third-order valence-electron chi connectivity index (χ3n) is 3.64. The van der Waals surface area contributed by atoms with Gasteiger partial charge < -0.3 is 14.6 Å². The van der Waals surface area contributed by atoms with Gasteiger partial charge in [-0.25, -0.2) is 9.48 Å². The average Bonchev–Trinajstić information content (AvgIpc) is 2.90. The van der Waals surface area contributed by atoms with Gasteiger partial charge >= 0.3 is 5.97 Å². The SMILES string of the molecule is CCOC(=O)c1cc2c(cnn2C2CCCCO2)cc1O. The number of hydrogen-bond donors (Lipinski definition) is 1. The van der Waals surface area contributed by atoms with Crippen LogP contribution in [0.3, 0.4) is 0 Å². The minimum atomic E-state index is -0.533. The van der Waals surface area contributed by atoms with E-state index in [0.29, 0.717) is 0 Å². The zero-order chi connectivity index (χ0) is 14.8. The van der Waals surface area contributed by atoms with Gasteiger partial charge in [-0.15, -0.1) is 0 Å². The van der Waals surface area contributed by atoms with E-state index >= 15 is 0 Å². The van der Waals surface area contributed by atoms with Crippen molar-refractivity contribution in [3.8, 4) is 5.75 Å². The highest BCUT2D eigenvalue weighted by Crippen LogP contribution is 2.30. The number of aromatic nitrogens is 2. The van der Waals surface area contributed by atoms with Gasteiger partial charge in [-0.2, -0.15) is 5.10 Å². The molecule has 0 bridgehead atoms. The molecule has 1 saturated heterocycles. The van der Waals surface area contributed by atoms with E-state index < -0.39 is 5.97 Å². The summed E-state index contributed by atoms with van der Waals surface area (Å²) in [6, 6.07) is 3.15. The van der Waals surface area contributed by atoms with Gasteiger partial charge in [-0.1, -0.05) is 0 Å². The molecule has 1 aliphatic rings. The second kappa shape index (κ2) is 5.73. The van der Waals surface area contributed by atoms with E-state index in [9.17, 15) is 9.90 Å². The molecular weight excluding hydrogens is 272 g/mol. The van der Waals surface area contributed by atoms with Crippen LogP contribution in [0.5, 0.6) is 5.75 Å². The maximum atomic E-state index is 11.9. The Kier molecular flexibility index (Phi) is 3.79. The van der Waals surface area contributed by atoms with Crippen molar-refractivity contribution < 1.29 is 19.4 Å². The lowest BCUT2D eigenvalue weighted by atomic mass is 10.1. The average molecular weight is 290 g/mol. The van der Waals surface area contributed by atoms with E-state index in [1.807, 2.05) is 0 Å². The molecular formula is C15H18N2O4. The molecule has 6 nitrogen and oxygen atoms in total. The molecule has 0 amide bonds. The first-order valence-corrected chi connectivity index (χ1v) is 7.19. The molecule has 1 aromatic carbocycles. The highest BCUT2D eigenvalue weighted by atomic mass is 16.5. The molecule has 1 atom stereocenters. The van der Waals surface area contributed by atoms with Crippen LogP contribution < -0.4 is 0 Å². The minimum Gasteiger partial charge on any atom is -0.507 e. The second-order valence-corrected chi connectivity index (χ2v) is 5.06. The second-order valence-electron chi connectivity index (χ2n) is 5.06. The van der Waals surface area contributed by atoms with Crippen molar-refractivity contribution in [2.75, 3.05) is 13.2 Å². The summed E-state index contributed by atoms with van der Waals surface area (Å²) in [5.41, 5.74) is 0.921. The fraction of sp³-hybridized carbons (Fsp3) is 0.467. The monoisotopic (exact) mass is 290 g/mol. The predicted molar refractivity (Wildman–Crippen MR) is 76.2 cm³/mol. The van der Waals surface area contributed by atoms with Crippen LogP contribution in [-0.2, 0) is 9.47 Å². The van der Waals surface area contributed by atoms with Crippen LogP contribution in [0.4, 0.5) is 0 Å². The summed E-state index contributed by atoms with van der Waals surface area (Å²) < 4.78 is 12.5. The van der Waals surface area contributed by atoms with Crippen LogP contribution in [-0.4, -0.2) is 34.1 Å². The van der Waals surface area contributed by atoms with Crippen molar-refractivity contribution in [1.29, 1.82) is 0 Å².